The number of carbonyl (C=O) groups is 1. The molecule has 11 nitrogen and oxygen atoms in total. The minimum absolute atomic E-state index is 0.0150. The van der Waals surface area contributed by atoms with E-state index in [1.807, 2.05) is 0 Å². The number of anilines is 1. The molecule has 15 heteroatoms. The summed E-state index contributed by atoms with van der Waals surface area (Å²) in [5.41, 5.74) is -0.579. The monoisotopic (exact) mass is 603 g/mol. The summed E-state index contributed by atoms with van der Waals surface area (Å²) in [6.45, 7) is 7.70. The van der Waals surface area contributed by atoms with Crippen LogP contribution in [0.25, 0.3) is 0 Å². The Morgan fingerprint density at radius 3 is 2.65 bits per heavy atom. The molecule has 1 fully saturated rings. The third-order valence-electron chi connectivity index (χ3n) is 5.58. The van der Waals surface area contributed by atoms with Crippen LogP contribution in [0.1, 0.15) is 39.7 Å². The third-order valence-corrected chi connectivity index (χ3v) is 7.99. The van der Waals surface area contributed by atoms with Crippen LogP contribution >= 0.6 is 11.8 Å². The van der Waals surface area contributed by atoms with Crippen LogP contribution in [-0.4, -0.2) is 83.8 Å². The lowest BCUT2D eigenvalue weighted by molar-refractivity contribution is 0.0260. The zero-order valence-electron chi connectivity index (χ0n) is 22.9. The smallest absolute Gasteiger partial charge is 0.410 e. The molecule has 0 spiro atoms. The first-order valence-electron chi connectivity index (χ1n) is 12.7. The standard InChI is InChI=1S/C25H35F2N5O6S2/c1-17(14-33)15-37-21-13-20(28-23(29-21)39-16-18-7-5-8-19(26)22(18)27)30-40(35,36)32-10-6-9-31(11-12-32)24(34)38-25(2,3)4/h5,7-8,13,17,33H,6,9-12,14-16H2,1-4H3,(H,28,29,30)/t17-/m1/s1. The molecule has 0 bridgehead atoms. The molecule has 2 heterocycles. The predicted octanol–water partition coefficient (Wildman–Crippen LogP) is 3.65. The summed E-state index contributed by atoms with van der Waals surface area (Å²) in [7, 11) is -4.09. The SMILES string of the molecule is C[C@H](CO)COc1cc(NS(=O)(=O)N2CCCN(C(=O)OC(C)(C)C)CC2)nc(SCc2cccc(F)c2F)n1. The summed E-state index contributed by atoms with van der Waals surface area (Å²) in [5.74, 6) is -2.23. The lowest BCUT2D eigenvalue weighted by Crippen LogP contribution is -2.41. The number of nitrogens with one attached hydrogen (secondary N) is 1. The summed E-state index contributed by atoms with van der Waals surface area (Å²) in [6.07, 6.45) is -0.108. The van der Waals surface area contributed by atoms with Gasteiger partial charge in [-0.25, -0.2) is 18.6 Å². The lowest BCUT2D eigenvalue weighted by Gasteiger charge is -2.26. The van der Waals surface area contributed by atoms with Crippen molar-refractivity contribution in [2.75, 3.05) is 44.1 Å². The number of hydrogen-bond acceptors (Lipinski definition) is 9. The number of ether oxygens (including phenoxy) is 2. The van der Waals surface area contributed by atoms with Crippen molar-refractivity contribution in [3.8, 4) is 5.88 Å². The highest BCUT2D eigenvalue weighted by atomic mass is 32.2. The maximum absolute atomic E-state index is 14.1. The summed E-state index contributed by atoms with van der Waals surface area (Å²) < 4.78 is 68.9. The second-order valence-corrected chi connectivity index (χ2v) is 12.9. The van der Waals surface area contributed by atoms with Gasteiger partial charge in [0.1, 0.15) is 11.4 Å². The lowest BCUT2D eigenvalue weighted by atomic mass is 10.2. The maximum Gasteiger partial charge on any atom is 0.410 e. The van der Waals surface area contributed by atoms with E-state index in [0.29, 0.717) is 13.0 Å². The van der Waals surface area contributed by atoms with Crippen molar-refractivity contribution in [1.29, 1.82) is 0 Å². The Bertz CT molecular complexity index is 1280. The highest BCUT2D eigenvalue weighted by Gasteiger charge is 2.29. The number of hydrogen-bond donors (Lipinski definition) is 2. The van der Waals surface area contributed by atoms with Crippen LogP contribution in [0, 0.1) is 17.6 Å². The Hall–Kier alpha value is -2.75. The van der Waals surface area contributed by atoms with Gasteiger partial charge in [-0.2, -0.15) is 17.7 Å². The average molecular weight is 604 g/mol. The maximum atomic E-state index is 14.1. The molecule has 1 aliphatic rings. The molecule has 0 aliphatic carbocycles. The van der Waals surface area contributed by atoms with Crippen molar-refractivity contribution in [2.24, 2.45) is 5.92 Å². The first-order valence-corrected chi connectivity index (χ1v) is 15.1. The van der Waals surface area contributed by atoms with E-state index < -0.39 is 33.5 Å². The molecular formula is C25H35F2N5O6S2. The first-order chi connectivity index (χ1) is 18.8. The van der Waals surface area contributed by atoms with Crippen molar-refractivity contribution in [2.45, 2.75) is 50.6 Å². The number of aromatic nitrogens is 2. The molecule has 2 aromatic rings. The van der Waals surface area contributed by atoms with Gasteiger partial charge in [-0.1, -0.05) is 30.8 Å². The van der Waals surface area contributed by atoms with Crippen LogP contribution < -0.4 is 9.46 Å². The second kappa shape index (κ2) is 13.7. The highest BCUT2D eigenvalue weighted by molar-refractivity contribution is 7.98. The normalized spacial score (nSPS) is 15.8. The molecule has 3 rings (SSSR count). The van der Waals surface area contributed by atoms with E-state index in [2.05, 4.69) is 14.7 Å². The number of carbonyl (C=O) groups excluding carboxylic acids is 1. The minimum Gasteiger partial charge on any atom is -0.477 e. The second-order valence-electron chi connectivity index (χ2n) is 10.3. The number of aliphatic hydroxyl groups is 1. The van der Waals surface area contributed by atoms with Gasteiger partial charge in [-0.15, -0.1) is 0 Å². The van der Waals surface area contributed by atoms with Crippen molar-refractivity contribution >= 4 is 33.9 Å². The largest absolute Gasteiger partial charge is 0.477 e. The number of rotatable bonds is 10. The van der Waals surface area contributed by atoms with Gasteiger partial charge in [0.05, 0.1) is 6.61 Å². The van der Waals surface area contributed by atoms with Gasteiger partial charge >= 0.3 is 16.3 Å². The zero-order valence-corrected chi connectivity index (χ0v) is 24.5. The molecule has 1 aliphatic heterocycles. The van der Waals surface area contributed by atoms with Crippen LogP contribution in [0.4, 0.5) is 19.4 Å². The van der Waals surface area contributed by atoms with E-state index >= 15 is 0 Å². The zero-order chi connectivity index (χ0) is 29.5. The van der Waals surface area contributed by atoms with Crippen LogP contribution in [-0.2, 0) is 20.7 Å². The fourth-order valence-electron chi connectivity index (χ4n) is 3.52. The summed E-state index contributed by atoms with van der Waals surface area (Å²) in [4.78, 5) is 22.4. The van der Waals surface area contributed by atoms with E-state index in [0.717, 1.165) is 17.8 Å². The molecular weight excluding hydrogens is 568 g/mol. The summed E-state index contributed by atoms with van der Waals surface area (Å²) >= 11 is 0.973. The van der Waals surface area contributed by atoms with Gasteiger partial charge in [0.15, 0.2) is 16.8 Å². The number of halogens is 2. The molecule has 1 amide bonds. The van der Waals surface area contributed by atoms with Gasteiger partial charge in [-0.3, -0.25) is 4.72 Å². The van der Waals surface area contributed by atoms with E-state index in [1.54, 1.807) is 27.7 Å². The van der Waals surface area contributed by atoms with Crippen LogP contribution in [0.3, 0.4) is 0 Å². The quantitative estimate of drug-likeness (QED) is 0.308. The number of benzene rings is 1. The number of amides is 1. The minimum atomic E-state index is -4.09. The van der Waals surface area contributed by atoms with Crippen molar-refractivity contribution in [3.05, 3.63) is 41.5 Å². The van der Waals surface area contributed by atoms with Crippen molar-refractivity contribution in [3.63, 3.8) is 0 Å². The van der Waals surface area contributed by atoms with Crippen LogP contribution in [0.2, 0.25) is 0 Å². The summed E-state index contributed by atoms with van der Waals surface area (Å²) in [6, 6.07) is 5.13. The molecule has 2 N–H and O–H groups in total. The van der Waals surface area contributed by atoms with Gasteiger partial charge < -0.3 is 19.5 Å². The Morgan fingerprint density at radius 1 is 1.20 bits per heavy atom. The van der Waals surface area contributed by atoms with Gasteiger partial charge in [-0.05, 0) is 33.3 Å². The van der Waals surface area contributed by atoms with Crippen LogP contribution in [0.5, 0.6) is 5.88 Å². The fourth-order valence-corrected chi connectivity index (χ4v) is 5.53. The first kappa shape index (κ1) is 31.8. The topological polar surface area (TPSA) is 134 Å². The van der Waals surface area contributed by atoms with Crippen molar-refractivity contribution in [1.82, 2.24) is 19.2 Å². The average Bonchev–Trinajstić information content (AvgIpc) is 3.14. The van der Waals surface area contributed by atoms with Gasteiger partial charge in [0.25, 0.3) is 0 Å². The van der Waals surface area contributed by atoms with Gasteiger partial charge in [0.2, 0.25) is 5.88 Å². The fraction of sp³-hybridized carbons (Fsp3) is 0.560. The molecule has 0 radical (unpaired) electrons. The summed E-state index contributed by atoms with van der Waals surface area (Å²) in [5, 5.41) is 9.37. The molecule has 1 aromatic carbocycles. The molecule has 222 valence electrons. The molecule has 1 saturated heterocycles. The molecule has 0 saturated carbocycles. The molecule has 1 aromatic heterocycles. The van der Waals surface area contributed by atoms with Gasteiger partial charge in [0, 0.05) is 56.1 Å². The Morgan fingerprint density at radius 2 is 1.95 bits per heavy atom. The molecule has 40 heavy (non-hydrogen) atoms. The van der Waals surface area contributed by atoms with E-state index in [9.17, 15) is 27.1 Å². The predicted molar refractivity (Wildman–Crippen MR) is 146 cm³/mol. The Balaban J connectivity index is 1.76. The van der Waals surface area contributed by atoms with E-state index in [1.165, 1.54) is 27.4 Å². The van der Waals surface area contributed by atoms with Crippen molar-refractivity contribution < 1.29 is 36.6 Å². The Kier molecular flexibility index (Phi) is 10.9. The third kappa shape index (κ3) is 9.42. The van der Waals surface area contributed by atoms with E-state index in [4.69, 9.17) is 9.47 Å². The van der Waals surface area contributed by atoms with E-state index in [-0.39, 0.29) is 66.9 Å². The number of thioether (sulfide) groups is 1. The number of nitrogens with zero attached hydrogens (tertiary/aromatic N) is 4. The number of aliphatic hydroxyl groups excluding tert-OH is 1. The highest BCUT2D eigenvalue weighted by Crippen LogP contribution is 2.27. The van der Waals surface area contributed by atoms with Crippen LogP contribution in [0.15, 0.2) is 29.4 Å². The molecule has 0 unspecified atom stereocenters. The molecule has 1 atom stereocenters. The Labute approximate surface area is 237 Å².